The summed E-state index contributed by atoms with van der Waals surface area (Å²) in [6, 6.07) is 12.0. The summed E-state index contributed by atoms with van der Waals surface area (Å²) >= 11 is 0. The lowest BCUT2D eigenvalue weighted by atomic mass is 10.1. The largest absolute Gasteiger partial charge is 0.356 e. The van der Waals surface area contributed by atoms with Gasteiger partial charge in [-0.3, -0.25) is 4.79 Å². The van der Waals surface area contributed by atoms with E-state index in [0.29, 0.717) is 30.1 Å². The molecule has 0 spiro atoms. The van der Waals surface area contributed by atoms with Crippen LogP contribution in [0.1, 0.15) is 30.5 Å². The predicted octanol–water partition coefficient (Wildman–Crippen LogP) is 3.49. The third-order valence-electron chi connectivity index (χ3n) is 5.12. The summed E-state index contributed by atoms with van der Waals surface area (Å²) in [6.45, 7) is 3.09. The van der Waals surface area contributed by atoms with E-state index in [4.69, 9.17) is 4.52 Å². The first-order chi connectivity index (χ1) is 13.9. The SMILES string of the molecule is Cc1ccc2onc(CC(=O)Nc3ccc(S(=O)(=O)N4CCCCC4)cc3)c2c1. The van der Waals surface area contributed by atoms with Crippen LogP contribution in [0, 0.1) is 6.92 Å². The fraction of sp³-hybridized carbons (Fsp3) is 0.333. The molecule has 4 rings (SSSR count). The zero-order chi connectivity index (χ0) is 20.4. The minimum absolute atomic E-state index is 0.0737. The highest BCUT2D eigenvalue weighted by Crippen LogP contribution is 2.23. The Morgan fingerprint density at radius 1 is 1.10 bits per heavy atom. The Hall–Kier alpha value is -2.71. The van der Waals surface area contributed by atoms with Crippen LogP contribution < -0.4 is 5.32 Å². The molecule has 0 saturated carbocycles. The second-order valence-electron chi connectivity index (χ2n) is 7.34. The van der Waals surface area contributed by atoms with Crippen LogP contribution in [0.2, 0.25) is 0 Å². The number of hydrogen-bond donors (Lipinski definition) is 1. The summed E-state index contributed by atoms with van der Waals surface area (Å²) in [4.78, 5) is 12.7. The molecular formula is C21H23N3O4S. The zero-order valence-corrected chi connectivity index (χ0v) is 17.0. The van der Waals surface area contributed by atoms with Crippen molar-refractivity contribution in [1.82, 2.24) is 9.46 Å². The summed E-state index contributed by atoms with van der Waals surface area (Å²) in [7, 11) is -3.48. The molecule has 3 aromatic rings. The number of nitrogens with zero attached hydrogens (tertiary/aromatic N) is 2. The lowest BCUT2D eigenvalue weighted by Gasteiger charge is -2.25. The summed E-state index contributed by atoms with van der Waals surface area (Å²) in [5.41, 5.74) is 2.82. The number of benzene rings is 2. The van der Waals surface area contributed by atoms with Crippen molar-refractivity contribution >= 4 is 32.6 Å². The van der Waals surface area contributed by atoms with Gasteiger partial charge in [-0.25, -0.2) is 8.42 Å². The van der Waals surface area contributed by atoms with E-state index in [-0.39, 0.29) is 17.2 Å². The number of carbonyl (C=O) groups excluding carboxylic acids is 1. The molecule has 152 valence electrons. The van der Waals surface area contributed by atoms with Crippen molar-refractivity contribution in [3.63, 3.8) is 0 Å². The van der Waals surface area contributed by atoms with Crippen LogP contribution in [0.15, 0.2) is 51.9 Å². The van der Waals surface area contributed by atoms with Gasteiger partial charge in [0.1, 0.15) is 5.69 Å². The average Bonchev–Trinajstić information content (AvgIpc) is 3.11. The Morgan fingerprint density at radius 2 is 1.83 bits per heavy atom. The number of rotatable bonds is 5. The number of piperidine rings is 1. The highest BCUT2D eigenvalue weighted by Gasteiger charge is 2.25. The van der Waals surface area contributed by atoms with Crippen molar-refractivity contribution in [2.24, 2.45) is 0 Å². The van der Waals surface area contributed by atoms with E-state index < -0.39 is 10.0 Å². The molecule has 2 heterocycles. The minimum Gasteiger partial charge on any atom is -0.356 e. The van der Waals surface area contributed by atoms with Gasteiger partial charge < -0.3 is 9.84 Å². The van der Waals surface area contributed by atoms with Crippen LogP contribution in [-0.4, -0.2) is 36.9 Å². The van der Waals surface area contributed by atoms with Gasteiger partial charge in [-0.05, 0) is 56.2 Å². The molecule has 8 heteroatoms. The highest BCUT2D eigenvalue weighted by molar-refractivity contribution is 7.89. The molecule has 0 unspecified atom stereocenters. The molecule has 1 aromatic heterocycles. The molecule has 1 amide bonds. The molecule has 0 bridgehead atoms. The molecule has 29 heavy (non-hydrogen) atoms. The number of anilines is 1. The quantitative estimate of drug-likeness (QED) is 0.691. The van der Waals surface area contributed by atoms with Crippen LogP contribution in [0.4, 0.5) is 5.69 Å². The van der Waals surface area contributed by atoms with Gasteiger partial charge >= 0.3 is 0 Å². The fourth-order valence-electron chi connectivity index (χ4n) is 3.55. The maximum absolute atomic E-state index is 12.7. The average molecular weight is 413 g/mol. The lowest BCUT2D eigenvalue weighted by Crippen LogP contribution is -2.35. The molecule has 1 aliphatic heterocycles. The summed E-state index contributed by atoms with van der Waals surface area (Å²) in [5.74, 6) is -0.242. The molecule has 0 atom stereocenters. The Morgan fingerprint density at radius 3 is 2.55 bits per heavy atom. The Bertz CT molecular complexity index is 1130. The van der Waals surface area contributed by atoms with Gasteiger partial charge in [0, 0.05) is 24.2 Å². The number of amides is 1. The van der Waals surface area contributed by atoms with Gasteiger partial charge in [-0.2, -0.15) is 4.31 Å². The third kappa shape index (κ3) is 4.18. The number of aryl methyl sites for hydroxylation is 1. The summed E-state index contributed by atoms with van der Waals surface area (Å²) in [6.07, 6.45) is 2.93. The number of hydrogen-bond acceptors (Lipinski definition) is 5. The van der Waals surface area contributed by atoms with E-state index in [1.807, 2.05) is 25.1 Å². The Kier molecular flexibility index (Phi) is 5.38. The van der Waals surface area contributed by atoms with Crippen molar-refractivity contribution in [2.45, 2.75) is 37.5 Å². The lowest BCUT2D eigenvalue weighted by molar-refractivity contribution is -0.115. The first-order valence-electron chi connectivity index (χ1n) is 9.68. The monoisotopic (exact) mass is 413 g/mol. The molecule has 1 N–H and O–H groups in total. The van der Waals surface area contributed by atoms with Crippen LogP contribution in [0.3, 0.4) is 0 Å². The van der Waals surface area contributed by atoms with E-state index in [1.54, 1.807) is 12.1 Å². The molecular weight excluding hydrogens is 390 g/mol. The van der Waals surface area contributed by atoms with Gasteiger partial charge in [0.25, 0.3) is 0 Å². The van der Waals surface area contributed by atoms with Crippen molar-refractivity contribution < 1.29 is 17.7 Å². The van der Waals surface area contributed by atoms with Crippen LogP contribution in [-0.2, 0) is 21.2 Å². The first kappa shape index (κ1) is 19.6. The smallest absolute Gasteiger partial charge is 0.243 e. The maximum Gasteiger partial charge on any atom is 0.243 e. The molecule has 1 saturated heterocycles. The second-order valence-corrected chi connectivity index (χ2v) is 9.28. The normalized spacial score (nSPS) is 15.5. The van der Waals surface area contributed by atoms with Crippen LogP contribution in [0.25, 0.3) is 11.0 Å². The van der Waals surface area contributed by atoms with E-state index in [9.17, 15) is 13.2 Å². The third-order valence-corrected chi connectivity index (χ3v) is 7.03. The number of fused-ring (bicyclic) bond motifs is 1. The number of nitrogens with one attached hydrogen (secondary N) is 1. The van der Waals surface area contributed by atoms with Crippen LogP contribution in [0.5, 0.6) is 0 Å². The van der Waals surface area contributed by atoms with Crippen molar-refractivity contribution in [3.05, 3.63) is 53.7 Å². The van der Waals surface area contributed by atoms with Crippen molar-refractivity contribution in [2.75, 3.05) is 18.4 Å². The van der Waals surface area contributed by atoms with Gasteiger partial charge in [-0.15, -0.1) is 0 Å². The number of carbonyl (C=O) groups is 1. The Balaban J connectivity index is 1.44. The summed E-state index contributed by atoms with van der Waals surface area (Å²) in [5, 5.41) is 7.61. The van der Waals surface area contributed by atoms with Gasteiger partial charge in [0.05, 0.1) is 11.3 Å². The molecule has 1 fully saturated rings. The zero-order valence-electron chi connectivity index (χ0n) is 16.2. The van der Waals surface area contributed by atoms with Gasteiger partial charge in [-0.1, -0.05) is 23.2 Å². The number of aromatic nitrogens is 1. The van der Waals surface area contributed by atoms with Gasteiger partial charge in [0.2, 0.25) is 15.9 Å². The predicted molar refractivity (Wildman–Crippen MR) is 110 cm³/mol. The molecule has 0 radical (unpaired) electrons. The first-order valence-corrected chi connectivity index (χ1v) is 11.1. The van der Waals surface area contributed by atoms with Crippen molar-refractivity contribution in [3.8, 4) is 0 Å². The molecule has 0 aliphatic carbocycles. The standard InChI is InChI=1S/C21H23N3O4S/c1-15-5-10-20-18(13-15)19(23-28-20)14-21(25)22-16-6-8-17(9-7-16)29(26,27)24-11-3-2-4-12-24/h5-10,13H,2-4,11-12,14H2,1H3,(H,22,25). The summed E-state index contributed by atoms with van der Waals surface area (Å²) < 4.78 is 32.2. The fourth-order valence-corrected chi connectivity index (χ4v) is 5.07. The molecule has 7 nitrogen and oxygen atoms in total. The van der Waals surface area contributed by atoms with E-state index in [0.717, 1.165) is 30.2 Å². The van der Waals surface area contributed by atoms with Gasteiger partial charge in [0.15, 0.2) is 5.58 Å². The highest BCUT2D eigenvalue weighted by atomic mass is 32.2. The van der Waals surface area contributed by atoms with E-state index in [1.165, 1.54) is 16.4 Å². The maximum atomic E-state index is 12.7. The Labute approximate surface area is 169 Å². The van der Waals surface area contributed by atoms with Crippen molar-refractivity contribution in [1.29, 1.82) is 0 Å². The topological polar surface area (TPSA) is 92.5 Å². The minimum atomic E-state index is -3.48. The molecule has 1 aliphatic rings. The van der Waals surface area contributed by atoms with E-state index in [2.05, 4.69) is 10.5 Å². The van der Waals surface area contributed by atoms with Crippen LogP contribution >= 0.6 is 0 Å². The number of sulfonamides is 1. The van der Waals surface area contributed by atoms with E-state index >= 15 is 0 Å². The molecule has 2 aromatic carbocycles. The second kappa shape index (κ2) is 7.96.